The summed E-state index contributed by atoms with van der Waals surface area (Å²) in [6, 6.07) is 19.2. The van der Waals surface area contributed by atoms with Crippen molar-refractivity contribution in [2.75, 3.05) is 29.9 Å². The van der Waals surface area contributed by atoms with Crippen LogP contribution in [0.15, 0.2) is 85.7 Å². The number of nitrogens with one attached hydrogen (secondary N) is 3. The molecule has 54 heavy (non-hydrogen) atoms. The topological polar surface area (TPSA) is 189 Å². The van der Waals surface area contributed by atoms with Crippen LogP contribution in [0.25, 0.3) is 11.2 Å². The molecule has 1 saturated carbocycles. The monoisotopic (exact) mass is 731 g/mol. The number of imidazole rings is 2. The number of hydrogen-bond acceptors (Lipinski definition) is 11. The summed E-state index contributed by atoms with van der Waals surface area (Å²) < 4.78 is 3.68. The Morgan fingerprint density at radius 1 is 0.944 bits per heavy atom. The predicted octanol–water partition coefficient (Wildman–Crippen LogP) is 2.94. The van der Waals surface area contributed by atoms with Crippen LogP contribution in [0, 0.1) is 0 Å². The number of aryl methyl sites for hydroxylation is 2. The first kappa shape index (κ1) is 35.2. The highest BCUT2D eigenvalue weighted by Crippen LogP contribution is 2.40. The Hall–Kier alpha value is -5.87. The fraction of sp³-hybridized carbons (Fsp3) is 0.395. The Bertz CT molecular complexity index is 2150. The molecule has 16 heteroatoms. The number of nitrogens with zero attached hydrogens (tertiary/aromatic N) is 10. The van der Waals surface area contributed by atoms with Gasteiger partial charge in [-0.05, 0) is 30.4 Å². The number of urea groups is 1. The number of aliphatic hydroxyl groups is 2. The Morgan fingerprint density at radius 2 is 1.69 bits per heavy atom. The number of carbonyl (C=O) groups is 1. The number of anilines is 2. The Morgan fingerprint density at radius 3 is 2.37 bits per heavy atom. The van der Waals surface area contributed by atoms with E-state index in [0.29, 0.717) is 68.4 Å². The number of rotatable bonds is 12. The Labute approximate surface area is 312 Å². The fourth-order valence-electron chi connectivity index (χ4n) is 7.56. The minimum atomic E-state index is -1.11. The van der Waals surface area contributed by atoms with E-state index in [1.165, 1.54) is 4.80 Å². The molecule has 5 heterocycles. The molecule has 2 aliphatic rings. The van der Waals surface area contributed by atoms with Gasteiger partial charge >= 0.3 is 6.03 Å². The van der Waals surface area contributed by atoms with E-state index in [0.717, 1.165) is 22.5 Å². The van der Waals surface area contributed by atoms with Gasteiger partial charge in [-0.3, -0.25) is 0 Å². The van der Waals surface area contributed by atoms with E-state index >= 15 is 0 Å². The number of amides is 2. The zero-order valence-corrected chi connectivity index (χ0v) is 30.3. The summed E-state index contributed by atoms with van der Waals surface area (Å²) in [4.78, 5) is 35.5. The summed E-state index contributed by atoms with van der Waals surface area (Å²) >= 11 is 0. The van der Waals surface area contributed by atoms with Crippen molar-refractivity contribution in [2.24, 2.45) is 7.05 Å². The second-order valence-electron chi connectivity index (χ2n) is 14.1. The molecule has 16 nitrogen and oxygen atoms in total. The number of hydrogen-bond donors (Lipinski definition) is 5. The SMILES string of the molecule is CCc1cnn([C@H]2C[C@@H](n3cnc4c(NCC(c5ccccc5)c5ccccc5)nc(N5CC[C@H](NC(=O)NCc6cn(C)cn6)C5)nc43)[C@H](O)[C@@H]2O)n1. The Kier molecular flexibility index (Phi) is 9.93. The van der Waals surface area contributed by atoms with E-state index in [2.05, 4.69) is 60.3 Å². The summed E-state index contributed by atoms with van der Waals surface area (Å²) in [7, 11) is 1.89. The second kappa shape index (κ2) is 15.2. The lowest BCUT2D eigenvalue weighted by molar-refractivity contribution is 0.00497. The molecule has 1 saturated heterocycles. The molecular weight excluding hydrogens is 687 g/mol. The molecule has 0 unspecified atom stereocenters. The highest BCUT2D eigenvalue weighted by molar-refractivity contribution is 5.84. The number of fused-ring (bicyclic) bond motifs is 1. The van der Waals surface area contributed by atoms with Gasteiger partial charge < -0.3 is 40.2 Å². The molecule has 1 aliphatic carbocycles. The van der Waals surface area contributed by atoms with Crippen LogP contribution < -0.4 is 20.9 Å². The van der Waals surface area contributed by atoms with E-state index in [1.807, 2.05) is 65.7 Å². The lowest BCUT2D eigenvalue weighted by Crippen LogP contribution is -2.43. The van der Waals surface area contributed by atoms with Crippen LogP contribution in [-0.2, 0) is 20.0 Å². The van der Waals surface area contributed by atoms with Crippen molar-refractivity contribution in [3.05, 3.63) is 108 Å². The van der Waals surface area contributed by atoms with E-state index < -0.39 is 24.3 Å². The number of carbonyl (C=O) groups excluding carboxylic acids is 1. The molecule has 0 spiro atoms. The maximum Gasteiger partial charge on any atom is 0.315 e. The first-order chi connectivity index (χ1) is 26.3. The third-order valence-corrected chi connectivity index (χ3v) is 10.5. The van der Waals surface area contributed by atoms with Gasteiger partial charge in [0.15, 0.2) is 17.0 Å². The van der Waals surface area contributed by atoms with Crippen molar-refractivity contribution in [3.63, 3.8) is 0 Å². The molecule has 8 rings (SSSR count). The van der Waals surface area contributed by atoms with Crippen LogP contribution >= 0.6 is 0 Å². The molecule has 0 bridgehead atoms. The molecular formula is C38H45N13O3. The quantitative estimate of drug-likeness (QED) is 0.125. The van der Waals surface area contributed by atoms with Gasteiger partial charge in [0.1, 0.15) is 18.2 Å². The minimum Gasteiger partial charge on any atom is -0.388 e. The van der Waals surface area contributed by atoms with Crippen molar-refractivity contribution >= 4 is 29.0 Å². The van der Waals surface area contributed by atoms with Crippen molar-refractivity contribution in [3.8, 4) is 0 Å². The van der Waals surface area contributed by atoms with Crippen LogP contribution in [-0.4, -0.2) is 98.2 Å². The van der Waals surface area contributed by atoms with Gasteiger partial charge in [-0.15, -0.1) is 0 Å². The summed E-state index contributed by atoms with van der Waals surface area (Å²) in [6.45, 7) is 3.98. The first-order valence-electron chi connectivity index (χ1n) is 18.5. The Balaban J connectivity index is 1.08. The van der Waals surface area contributed by atoms with Crippen LogP contribution in [0.2, 0.25) is 0 Å². The van der Waals surface area contributed by atoms with Crippen molar-refractivity contribution in [1.82, 2.24) is 54.7 Å². The molecule has 5 N–H and O–H groups in total. The minimum absolute atomic E-state index is 0.0232. The molecule has 1 aliphatic heterocycles. The maximum absolute atomic E-state index is 12.8. The molecule has 2 aromatic carbocycles. The van der Waals surface area contributed by atoms with E-state index in [4.69, 9.17) is 15.0 Å². The lowest BCUT2D eigenvalue weighted by Gasteiger charge is -2.22. The normalized spacial score (nSPS) is 21.3. The van der Waals surface area contributed by atoms with E-state index in [-0.39, 0.29) is 18.0 Å². The fourth-order valence-corrected chi connectivity index (χ4v) is 7.56. The summed E-state index contributed by atoms with van der Waals surface area (Å²) in [5.41, 5.74) is 5.00. The largest absolute Gasteiger partial charge is 0.388 e. The summed E-state index contributed by atoms with van der Waals surface area (Å²) in [5.74, 6) is 1.06. The van der Waals surface area contributed by atoms with Crippen molar-refractivity contribution in [1.29, 1.82) is 0 Å². The van der Waals surface area contributed by atoms with Crippen LogP contribution in [0.5, 0.6) is 0 Å². The smallest absolute Gasteiger partial charge is 0.315 e. The molecule has 0 radical (unpaired) electrons. The highest BCUT2D eigenvalue weighted by atomic mass is 16.3. The average Bonchev–Trinajstić information content (AvgIpc) is 4.05. The molecule has 2 fully saturated rings. The van der Waals surface area contributed by atoms with Crippen LogP contribution in [0.3, 0.4) is 0 Å². The number of aromatic nitrogens is 9. The standard InChI is InChI=1S/C38H45N13O3/c1-3-26-18-43-51(47-26)31-16-30(33(52)34(31)53)50-23-42-32-35(39-19-29(24-10-6-4-7-11-24)25-12-8-5-9-13-25)45-37(46-36(32)50)49-15-14-27(21-49)44-38(54)40-17-28-20-48(2)22-41-28/h4-13,18,20,22-23,27,29-31,33-34,52-53H,3,14-17,19,21H2,1-2H3,(H,39,45,46)(H2,40,44,54)/t27-,30+,31-,33-,34+/m0/s1. The molecule has 4 aromatic heterocycles. The second-order valence-corrected chi connectivity index (χ2v) is 14.1. The van der Waals surface area contributed by atoms with Gasteiger partial charge in [0, 0.05) is 44.8 Å². The summed E-state index contributed by atoms with van der Waals surface area (Å²) in [5, 5.41) is 41.1. The predicted molar refractivity (Wildman–Crippen MR) is 202 cm³/mol. The van der Waals surface area contributed by atoms with Crippen LogP contribution in [0.4, 0.5) is 16.6 Å². The maximum atomic E-state index is 12.8. The third-order valence-electron chi connectivity index (χ3n) is 10.5. The number of benzene rings is 2. The summed E-state index contributed by atoms with van der Waals surface area (Å²) in [6.07, 6.45) is 6.52. The number of aliphatic hydroxyl groups excluding tert-OH is 2. The van der Waals surface area contributed by atoms with Gasteiger partial charge in [0.05, 0.1) is 42.8 Å². The van der Waals surface area contributed by atoms with Crippen LogP contribution in [0.1, 0.15) is 60.3 Å². The highest BCUT2D eigenvalue weighted by Gasteiger charge is 2.45. The van der Waals surface area contributed by atoms with Gasteiger partial charge in [0.2, 0.25) is 5.95 Å². The first-order valence-corrected chi connectivity index (χ1v) is 18.5. The zero-order valence-electron chi connectivity index (χ0n) is 30.3. The molecule has 5 atom stereocenters. The molecule has 6 aromatic rings. The van der Waals surface area contributed by atoms with Gasteiger partial charge in [0.25, 0.3) is 0 Å². The van der Waals surface area contributed by atoms with E-state index in [1.54, 1.807) is 18.9 Å². The zero-order chi connectivity index (χ0) is 37.2. The van der Waals surface area contributed by atoms with Gasteiger partial charge in [-0.25, -0.2) is 14.8 Å². The third kappa shape index (κ3) is 7.21. The average molecular weight is 732 g/mol. The van der Waals surface area contributed by atoms with Gasteiger partial charge in [-0.2, -0.15) is 25.0 Å². The van der Waals surface area contributed by atoms with Gasteiger partial charge in [-0.1, -0.05) is 67.6 Å². The van der Waals surface area contributed by atoms with Crippen molar-refractivity contribution in [2.45, 2.75) is 69.0 Å². The van der Waals surface area contributed by atoms with E-state index in [9.17, 15) is 15.0 Å². The molecule has 2 amide bonds. The lowest BCUT2D eigenvalue weighted by atomic mass is 9.91. The van der Waals surface area contributed by atoms with Crippen molar-refractivity contribution < 1.29 is 15.0 Å². The molecule has 280 valence electrons.